The van der Waals surface area contributed by atoms with Crippen molar-refractivity contribution >= 4 is 11.6 Å². The van der Waals surface area contributed by atoms with Gasteiger partial charge in [0.15, 0.2) is 0 Å². The molecule has 1 atom stereocenters. The van der Waals surface area contributed by atoms with Crippen molar-refractivity contribution < 1.29 is 4.79 Å². The van der Waals surface area contributed by atoms with Crippen molar-refractivity contribution in [3.8, 4) is 6.07 Å². The third-order valence-electron chi connectivity index (χ3n) is 3.21. The molecule has 0 radical (unpaired) electrons. The second kappa shape index (κ2) is 4.56. The van der Waals surface area contributed by atoms with Crippen molar-refractivity contribution in [2.75, 3.05) is 18.4 Å². The second-order valence-corrected chi connectivity index (χ2v) is 4.60. The SMILES string of the molecule is CC1(C(=O)Nc2ccccc2C#N)CCNC1. The summed E-state index contributed by atoms with van der Waals surface area (Å²) in [4.78, 5) is 12.1. The van der Waals surface area contributed by atoms with Crippen LogP contribution in [0.5, 0.6) is 0 Å². The highest BCUT2D eigenvalue weighted by molar-refractivity contribution is 5.96. The fraction of sp³-hybridized carbons (Fsp3) is 0.385. The average molecular weight is 229 g/mol. The number of amides is 1. The van der Waals surface area contributed by atoms with E-state index in [-0.39, 0.29) is 11.3 Å². The van der Waals surface area contributed by atoms with Crippen molar-refractivity contribution in [1.29, 1.82) is 5.26 Å². The molecule has 1 fully saturated rings. The van der Waals surface area contributed by atoms with Gasteiger partial charge in [-0.2, -0.15) is 5.26 Å². The normalized spacial score (nSPS) is 23.1. The number of nitriles is 1. The highest BCUT2D eigenvalue weighted by atomic mass is 16.2. The third kappa shape index (κ3) is 2.29. The Hall–Kier alpha value is -1.86. The number of nitrogens with zero attached hydrogens (tertiary/aromatic N) is 1. The van der Waals surface area contributed by atoms with E-state index in [1.54, 1.807) is 18.2 Å². The fourth-order valence-electron chi connectivity index (χ4n) is 1.97. The van der Waals surface area contributed by atoms with E-state index < -0.39 is 0 Å². The smallest absolute Gasteiger partial charge is 0.231 e. The Kier molecular flexibility index (Phi) is 3.12. The molecule has 0 aliphatic carbocycles. The standard InChI is InChI=1S/C13H15N3O/c1-13(6-7-15-9-13)12(17)16-11-5-3-2-4-10(11)8-14/h2-5,15H,6-7,9H2,1H3,(H,16,17). The van der Waals surface area contributed by atoms with E-state index in [4.69, 9.17) is 5.26 Å². The van der Waals surface area contributed by atoms with Crippen LogP contribution in [0.25, 0.3) is 0 Å². The van der Waals surface area contributed by atoms with Gasteiger partial charge in [0.1, 0.15) is 6.07 Å². The molecule has 17 heavy (non-hydrogen) atoms. The van der Waals surface area contributed by atoms with Gasteiger partial charge in [0.25, 0.3) is 0 Å². The van der Waals surface area contributed by atoms with Crippen LogP contribution in [0, 0.1) is 16.7 Å². The van der Waals surface area contributed by atoms with E-state index in [9.17, 15) is 4.79 Å². The van der Waals surface area contributed by atoms with Crippen LogP contribution in [0.4, 0.5) is 5.69 Å². The summed E-state index contributed by atoms with van der Waals surface area (Å²) in [6.45, 7) is 3.49. The summed E-state index contributed by atoms with van der Waals surface area (Å²) in [7, 11) is 0. The summed E-state index contributed by atoms with van der Waals surface area (Å²) >= 11 is 0. The molecule has 0 spiro atoms. The van der Waals surface area contributed by atoms with Gasteiger partial charge in [-0.05, 0) is 32.0 Å². The quantitative estimate of drug-likeness (QED) is 0.807. The molecule has 0 saturated carbocycles. The number of hydrogen-bond donors (Lipinski definition) is 2. The van der Waals surface area contributed by atoms with E-state index in [0.29, 0.717) is 17.8 Å². The summed E-state index contributed by atoms with van der Waals surface area (Å²) in [6, 6.07) is 9.12. The summed E-state index contributed by atoms with van der Waals surface area (Å²) in [6.07, 6.45) is 0.827. The molecule has 1 aliphatic rings. The monoisotopic (exact) mass is 229 g/mol. The van der Waals surface area contributed by atoms with Crippen LogP contribution in [0.2, 0.25) is 0 Å². The number of rotatable bonds is 2. The lowest BCUT2D eigenvalue weighted by atomic mass is 9.88. The van der Waals surface area contributed by atoms with Crippen LogP contribution in [-0.2, 0) is 4.79 Å². The summed E-state index contributed by atoms with van der Waals surface area (Å²) in [5.41, 5.74) is 0.714. The summed E-state index contributed by atoms with van der Waals surface area (Å²) in [5, 5.41) is 15.0. The maximum atomic E-state index is 12.1. The zero-order valence-electron chi connectivity index (χ0n) is 9.79. The minimum absolute atomic E-state index is 0.0230. The number of hydrogen-bond acceptors (Lipinski definition) is 3. The molecular weight excluding hydrogens is 214 g/mol. The lowest BCUT2D eigenvalue weighted by Gasteiger charge is -2.21. The van der Waals surface area contributed by atoms with Crippen LogP contribution in [0.3, 0.4) is 0 Å². The number of anilines is 1. The zero-order valence-corrected chi connectivity index (χ0v) is 9.79. The average Bonchev–Trinajstić information content (AvgIpc) is 2.78. The van der Waals surface area contributed by atoms with E-state index in [2.05, 4.69) is 16.7 Å². The van der Waals surface area contributed by atoms with Crippen LogP contribution < -0.4 is 10.6 Å². The predicted molar refractivity (Wildman–Crippen MR) is 65.4 cm³/mol. The Morgan fingerprint density at radius 2 is 2.29 bits per heavy atom. The first-order chi connectivity index (χ1) is 8.15. The molecule has 4 heteroatoms. The van der Waals surface area contributed by atoms with Gasteiger partial charge in [0, 0.05) is 6.54 Å². The van der Waals surface area contributed by atoms with E-state index in [1.807, 2.05) is 13.0 Å². The number of nitrogens with one attached hydrogen (secondary N) is 2. The topological polar surface area (TPSA) is 64.9 Å². The molecule has 1 amide bonds. The van der Waals surface area contributed by atoms with Crippen LogP contribution in [-0.4, -0.2) is 19.0 Å². The Morgan fingerprint density at radius 3 is 2.94 bits per heavy atom. The van der Waals surface area contributed by atoms with E-state index >= 15 is 0 Å². The van der Waals surface area contributed by atoms with Gasteiger partial charge in [-0.3, -0.25) is 4.79 Å². The molecule has 1 aliphatic heterocycles. The first kappa shape index (κ1) is 11.6. The van der Waals surface area contributed by atoms with Gasteiger partial charge in [0.05, 0.1) is 16.7 Å². The number of para-hydroxylation sites is 1. The third-order valence-corrected chi connectivity index (χ3v) is 3.21. The molecule has 1 aromatic carbocycles. The van der Waals surface area contributed by atoms with Crippen LogP contribution >= 0.6 is 0 Å². The Morgan fingerprint density at radius 1 is 1.53 bits per heavy atom. The Labute approximate surface area is 101 Å². The van der Waals surface area contributed by atoms with Crippen molar-refractivity contribution in [2.24, 2.45) is 5.41 Å². The van der Waals surface area contributed by atoms with E-state index in [0.717, 1.165) is 13.0 Å². The molecule has 0 aromatic heterocycles. The van der Waals surface area contributed by atoms with E-state index in [1.165, 1.54) is 0 Å². The maximum absolute atomic E-state index is 12.1. The number of carbonyl (C=O) groups excluding carboxylic acids is 1. The van der Waals surface area contributed by atoms with Gasteiger partial charge < -0.3 is 10.6 Å². The Bertz CT molecular complexity index is 470. The van der Waals surface area contributed by atoms with Gasteiger partial charge in [-0.15, -0.1) is 0 Å². The molecular formula is C13H15N3O. The Balaban J connectivity index is 2.16. The molecule has 1 unspecified atom stereocenters. The largest absolute Gasteiger partial charge is 0.324 e. The van der Waals surface area contributed by atoms with Gasteiger partial charge >= 0.3 is 0 Å². The molecule has 0 bridgehead atoms. The lowest BCUT2D eigenvalue weighted by molar-refractivity contribution is -0.123. The van der Waals surface area contributed by atoms with Crippen molar-refractivity contribution in [1.82, 2.24) is 5.32 Å². The zero-order chi connectivity index (χ0) is 12.3. The first-order valence-electron chi connectivity index (χ1n) is 5.67. The molecule has 1 saturated heterocycles. The molecule has 2 N–H and O–H groups in total. The highest BCUT2D eigenvalue weighted by Crippen LogP contribution is 2.27. The molecule has 1 aromatic rings. The predicted octanol–water partition coefficient (Wildman–Crippen LogP) is 1.50. The minimum Gasteiger partial charge on any atom is -0.324 e. The van der Waals surface area contributed by atoms with Gasteiger partial charge in [-0.25, -0.2) is 0 Å². The van der Waals surface area contributed by atoms with Crippen molar-refractivity contribution in [3.63, 3.8) is 0 Å². The van der Waals surface area contributed by atoms with Gasteiger partial charge in [-0.1, -0.05) is 12.1 Å². The van der Waals surface area contributed by atoms with Gasteiger partial charge in [0.2, 0.25) is 5.91 Å². The molecule has 2 rings (SSSR count). The number of carbonyl (C=O) groups is 1. The molecule has 4 nitrogen and oxygen atoms in total. The summed E-state index contributed by atoms with van der Waals surface area (Å²) in [5.74, 6) is -0.0230. The first-order valence-corrected chi connectivity index (χ1v) is 5.67. The van der Waals surface area contributed by atoms with Crippen LogP contribution in [0.1, 0.15) is 18.9 Å². The van der Waals surface area contributed by atoms with Crippen molar-refractivity contribution in [2.45, 2.75) is 13.3 Å². The fourth-order valence-corrected chi connectivity index (χ4v) is 1.97. The minimum atomic E-state index is -0.372. The summed E-state index contributed by atoms with van der Waals surface area (Å²) < 4.78 is 0. The van der Waals surface area contributed by atoms with Crippen LogP contribution in [0.15, 0.2) is 24.3 Å². The number of benzene rings is 1. The lowest BCUT2D eigenvalue weighted by Crippen LogP contribution is -2.35. The molecule has 1 heterocycles. The molecule has 88 valence electrons. The highest BCUT2D eigenvalue weighted by Gasteiger charge is 2.36. The second-order valence-electron chi connectivity index (χ2n) is 4.60. The van der Waals surface area contributed by atoms with Crippen molar-refractivity contribution in [3.05, 3.63) is 29.8 Å². The maximum Gasteiger partial charge on any atom is 0.231 e.